The maximum Gasteiger partial charge on any atom is 0.358 e. The Balaban J connectivity index is 2.73. The van der Waals surface area contributed by atoms with Gasteiger partial charge in [-0.05, 0) is 12.1 Å². The minimum absolute atomic E-state index is 0.0820. The molecule has 0 saturated heterocycles. The molecule has 0 fully saturated rings. The first-order valence-electron chi connectivity index (χ1n) is 6.29. The van der Waals surface area contributed by atoms with Gasteiger partial charge in [-0.2, -0.15) is 0 Å². The van der Waals surface area contributed by atoms with Gasteiger partial charge in [0.25, 0.3) is 0 Å². The molecule has 7 heteroatoms. The molecule has 1 aromatic carbocycles. The number of carbonyl (C=O) groups is 1. The summed E-state index contributed by atoms with van der Waals surface area (Å²) in [6, 6.07) is 5.08. The number of nitrogens with zero attached hydrogens (tertiary/aromatic N) is 3. The molecule has 0 radical (unpaired) electrons. The van der Waals surface area contributed by atoms with E-state index in [1.54, 1.807) is 25.3 Å². The third kappa shape index (κ3) is 2.85. The molecule has 1 N–H and O–H groups in total. The van der Waals surface area contributed by atoms with E-state index in [0.717, 1.165) is 0 Å². The van der Waals surface area contributed by atoms with Gasteiger partial charge in [0.15, 0.2) is 5.69 Å². The van der Waals surface area contributed by atoms with Gasteiger partial charge in [-0.1, -0.05) is 37.6 Å². The first-order valence-corrected chi connectivity index (χ1v) is 6.67. The van der Waals surface area contributed by atoms with Gasteiger partial charge >= 0.3 is 5.97 Å². The van der Waals surface area contributed by atoms with Gasteiger partial charge in [0.1, 0.15) is 5.75 Å². The number of rotatable bonds is 3. The van der Waals surface area contributed by atoms with Crippen molar-refractivity contribution in [3.05, 3.63) is 34.6 Å². The molecular formula is C14H16ClN3O3. The number of ether oxygens (including phenoxy) is 1. The molecule has 0 aliphatic carbocycles. The highest BCUT2D eigenvalue weighted by Crippen LogP contribution is 2.31. The lowest BCUT2D eigenvalue weighted by atomic mass is 9.90. The topological polar surface area (TPSA) is 77.2 Å². The summed E-state index contributed by atoms with van der Waals surface area (Å²) in [7, 11) is 1.54. The quantitative estimate of drug-likeness (QED) is 0.943. The lowest BCUT2D eigenvalue weighted by Gasteiger charge is -2.21. The number of aromatic nitrogens is 3. The number of methoxy groups -OCH3 is 1. The number of hydrogen-bond donors (Lipinski definition) is 1. The van der Waals surface area contributed by atoms with Crippen molar-refractivity contribution in [1.82, 2.24) is 15.0 Å². The van der Waals surface area contributed by atoms with Crippen molar-refractivity contribution in [3.63, 3.8) is 0 Å². The molecule has 6 nitrogen and oxygen atoms in total. The van der Waals surface area contributed by atoms with Crippen molar-refractivity contribution in [2.24, 2.45) is 0 Å². The lowest BCUT2D eigenvalue weighted by molar-refractivity contribution is 0.0687. The third-order valence-corrected chi connectivity index (χ3v) is 3.28. The number of halogens is 1. The van der Waals surface area contributed by atoms with Crippen LogP contribution < -0.4 is 4.74 Å². The van der Waals surface area contributed by atoms with Crippen LogP contribution >= 0.6 is 11.6 Å². The normalized spacial score (nSPS) is 11.5. The maximum absolute atomic E-state index is 11.3. The van der Waals surface area contributed by atoms with Crippen LogP contribution in [0.3, 0.4) is 0 Å². The van der Waals surface area contributed by atoms with E-state index in [2.05, 4.69) is 10.3 Å². The molecule has 0 bridgehead atoms. The number of aromatic carboxylic acids is 1. The van der Waals surface area contributed by atoms with E-state index in [1.807, 2.05) is 20.8 Å². The molecule has 0 unspecified atom stereocenters. The van der Waals surface area contributed by atoms with Crippen molar-refractivity contribution in [2.45, 2.75) is 26.2 Å². The highest BCUT2D eigenvalue weighted by molar-refractivity contribution is 6.32. The Hall–Kier alpha value is -2.08. The Morgan fingerprint density at radius 1 is 1.38 bits per heavy atom. The highest BCUT2D eigenvalue weighted by Gasteiger charge is 2.30. The summed E-state index contributed by atoms with van der Waals surface area (Å²) in [5.74, 6) is -0.521. The Morgan fingerprint density at radius 3 is 2.57 bits per heavy atom. The minimum Gasteiger partial charge on any atom is -0.497 e. The van der Waals surface area contributed by atoms with Crippen LogP contribution in [0.4, 0.5) is 0 Å². The molecule has 1 aromatic heterocycles. The zero-order valence-electron chi connectivity index (χ0n) is 12.2. The van der Waals surface area contributed by atoms with Crippen LogP contribution in [0.25, 0.3) is 5.69 Å². The minimum atomic E-state index is -1.12. The number of benzene rings is 1. The largest absolute Gasteiger partial charge is 0.497 e. The second-order valence-electron chi connectivity index (χ2n) is 5.57. The van der Waals surface area contributed by atoms with Crippen LogP contribution in [0.5, 0.6) is 5.75 Å². The Kier molecular flexibility index (Phi) is 3.91. The fourth-order valence-corrected chi connectivity index (χ4v) is 2.25. The van der Waals surface area contributed by atoms with E-state index in [0.29, 0.717) is 22.2 Å². The van der Waals surface area contributed by atoms with Gasteiger partial charge in [-0.15, -0.1) is 5.10 Å². The van der Waals surface area contributed by atoms with E-state index in [4.69, 9.17) is 16.3 Å². The number of carboxylic acids is 1. The maximum atomic E-state index is 11.3. The van der Waals surface area contributed by atoms with E-state index in [-0.39, 0.29) is 5.69 Å². The van der Waals surface area contributed by atoms with Crippen molar-refractivity contribution in [2.75, 3.05) is 7.11 Å². The summed E-state index contributed by atoms with van der Waals surface area (Å²) < 4.78 is 6.63. The summed E-state index contributed by atoms with van der Waals surface area (Å²) in [6.07, 6.45) is 0. The molecule has 112 valence electrons. The molecule has 2 rings (SSSR count). The smallest absolute Gasteiger partial charge is 0.358 e. The Morgan fingerprint density at radius 2 is 2.05 bits per heavy atom. The Labute approximate surface area is 127 Å². The first-order chi connectivity index (χ1) is 9.75. The highest BCUT2D eigenvalue weighted by atomic mass is 35.5. The SMILES string of the molecule is COc1ccc(Cl)c(-n2nnc(C(=O)O)c2C(C)(C)C)c1. The molecule has 0 amide bonds. The zero-order chi connectivity index (χ0) is 15.8. The van der Waals surface area contributed by atoms with Gasteiger partial charge in [0.05, 0.1) is 23.5 Å². The van der Waals surface area contributed by atoms with Crippen LogP contribution in [0, 0.1) is 0 Å². The van der Waals surface area contributed by atoms with Gasteiger partial charge in [0.2, 0.25) is 0 Å². The molecule has 0 aliphatic rings. The number of hydrogen-bond acceptors (Lipinski definition) is 4. The van der Waals surface area contributed by atoms with Crippen LogP contribution in [-0.4, -0.2) is 33.2 Å². The van der Waals surface area contributed by atoms with E-state index < -0.39 is 11.4 Å². The Bertz CT molecular complexity index is 689. The fourth-order valence-electron chi connectivity index (χ4n) is 2.05. The monoisotopic (exact) mass is 309 g/mol. The summed E-state index contributed by atoms with van der Waals surface area (Å²) >= 11 is 6.21. The van der Waals surface area contributed by atoms with E-state index >= 15 is 0 Å². The molecule has 2 aromatic rings. The van der Waals surface area contributed by atoms with Crippen molar-refractivity contribution < 1.29 is 14.6 Å². The van der Waals surface area contributed by atoms with Crippen LogP contribution in [0.15, 0.2) is 18.2 Å². The molecule has 1 heterocycles. The second kappa shape index (κ2) is 5.37. The molecular weight excluding hydrogens is 294 g/mol. The van der Waals surface area contributed by atoms with Gasteiger partial charge in [-0.25, -0.2) is 9.48 Å². The molecule has 0 atom stereocenters. The summed E-state index contributed by atoms with van der Waals surface area (Å²) in [5, 5.41) is 17.4. The third-order valence-electron chi connectivity index (χ3n) is 2.96. The molecule has 21 heavy (non-hydrogen) atoms. The van der Waals surface area contributed by atoms with Crippen molar-refractivity contribution in [1.29, 1.82) is 0 Å². The summed E-state index contributed by atoms with van der Waals surface area (Å²) in [5.41, 5.74) is 0.455. The van der Waals surface area contributed by atoms with Crippen molar-refractivity contribution >= 4 is 17.6 Å². The van der Waals surface area contributed by atoms with Crippen LogP contribution in [-0.2, 0) is 5.41 Å². The molecule has 0 saturated carbocycles. The van der Waals surface area contributed by atoms with Gasteiger partial charge in [-0.3, -0.25) is 0 Å². The average Bonchev–Trinajstić information content (AvgIpc) is 2.84. The fraction of sp³-hybridized carbons (Fsp3) is 0.357. The molecule has 0 spiro atoms. The van der Waals surface area contributed by atoms with E-state index in [1.165, 1.54) is 4.68 Å². The predicted molar refractivity (Wildman–Crippen MR) is 78.6 cm³/mol. The first kappa shape index (κ1) is 15.3. The van der Waals surface area contributed by atoms with Crippen molar-refractivity contribution in [3.8, 4) is 11.4 Å². The standard InChI is InChI=1S/C14H16ClN3O3/c1-14(2,3)12-11(13(19)20)16-17-18(12)10-7-8(21-4)5-6-9(10)15/h5-7H,1-4H3,(H,19,20). The van der Waals surface area contributed by atoms with Gasteiger partial charge in [0, 0.05) is 11.5 Å². The lowest BCUT2D eigenvalue weighted by Crippen LogP contribution is -2.21. The second-order valence-corrected chi connectivity index (χ2v) is 5.98. The average molecular weight is 310 g/mol. The zero-order valence-corrected chi connectivity index (χ0v) is 13.0. The molecule has 0 aliphatic heterocycles. The van der Waals surface area contributed by atoms with E-state index in [9.17, 15) is 9.90 Å². The van der Waals surface area contributed by atoms with Crippen LogP contribution in [0.2, 0.25) is 5.02 Å². The predicted octanol–water partition coefficient (Wildman–Crippen LogP) is 2.93. The number of carboxylic acid groups (broad SMARTS) is 1. The summed E-state index contributed by atoms with van der Waals surface area (Å²) in [4.78, 5) is 11.3. The van der Waals surface area contributed by atoms with Gasteiger partial charge < -0.3 is 9.84 Å². The summed E-state index contributed by atoms with van der Waals surface area (Å²) in [6.45, 7) is 5.67. The van der Waals surface area contributed by atoms with Crippen LogP contribution in [0.1, 0.15) is 37.0 Å².